The molecule has 2 nitrogen and oxygen atoms in total. The van der Waals surface area contributed by atoms with E-state index in [1.54, 1.807) is 0 Å². The topological polar surface area (TPSA) is 18.5 Å². The lowest BCUT2D eigenvalue weighted by molar-refractivity contribution is -0.0697. The van der Waals surface area contributed by atoms with E-state index in [1.165, 1.54) is 11.1 Å². The highest BCUT2D eigenvalue weighted by atomic mass is 16.7. The molecular formula is C7H12O2. The van der Waals surface area contributed by atoms with Gasteiger partial charge in [0.15, 0.2) is 0 Å². The summed E-state index contributed by atoms with van der Waals surface area (Å²) in [6, 6.07) is 0. The molecule has 0 bridgehead atoms. The third kappa shape index (κ3) is 1.80. The highest BCUT2D eigenvalue weighted by Gasteiger charge is 2.05. The summed E-state index contributed by atoms with van der Waals surface area (Å²) in [6.45, 7) is 6.11. The van der Waals surface area contributed by atoms with Gasteiger partial charge in [-0.15, -0.1) is 0 Å². The molecule has 1 saturated heterocycles. The van der Waals surface area contributed by atoms with Gasteiger partial charge in [-0.25, -0.2) is 0 Å². The molecule has 0 atom stereocenters. The maximum Gasteiger partial charge on any atom is 0.147 e. The van der Waals surface area contributed by atoms with Gasteiger partial charge in [0.1, 0.15) is 6.79 Å². The Morgan fingerprint density at radius 1 is 1.22 bits per heavy atom. The third-order valence-electron chi connectivity index (χ3n) is 1.43. The van der Waals surface area contributed by atoms with Crippen LogP contribution >= 0.6 is 0 Å². The van der Waals surface area contributed by atoms with Crippen LogP contribution in [0, 0.1) is 0 Å². The molecule has 1 heterocycles. The molecule has 0 spiro atoms. The summed E-state index contributed by atoms with van der Waals surface area (Å²) in [5.41, 5.74) is 2.59. The fourth-order valence-electron chi connectivity index (χ4n) is 0.719. The molecule has 0 N–H and O–H groups in total. The van der Waals surface area contributed by atoms with E-state index in [-0.39, 0.29) is 0 Å². The first-order valence-electron chi connectivity index (χ1n) is 3.11. The van der Waals surface area contributed by atoms with Crippen LogP contribution in [0.25, 0.3) is 0 Å². The average molecular weight is 128 g/mol. The molecule has 0 aromatic carbocycles. The molecule has 9 heavy (non-hydrogen) atoms. The first-order valence-corrected chi connectivity index (χ1v) is 3.11. The van der Waals surface area contributed by atoms with Crippen LogP contribution in [0.3, 0.4) is 0 Å². The molecule has 52 valence electrons. The lowest BCUT2D eigenvalue weighted by atomic mass is 10.2. The number of hydrogen-bond donors (Lipinski definition) is 0. The van der Waals surface area contributed by atoms with Crippen LogP contribution in [0.5, 0.6) is 0 Å². The highest BCUT2D eigenvalue weighted by molar-refractivity contribution is 5.11. The molecule has 0 aliphatic carbocycles. The molecule has 1 fully saturated rings. The second-order valence-corrected chi connectivity index (χ2v) is 2.42. The minimum Gasteiger partial charge on any atom is -0.351 e. The molecule has 1 rings (SSSR count). The van der Waals surface area contributed by atoms with Crippen molar-refractivity contribution in [3.8, 4) is 0 Å². The van der Waals surface area contributed by atoms with Crippen LogP contribution in [-0.4, -0.2) is 20.0 Å². The van der Waals surface area contributed by atoms with Crippen molar-refractivity contribution in [2.75, 3.05) is 20.0 Å². The molecule has 1 aliphatic heterocycles. The standard InChI is InChI=1S/C7H12O2/c1-6(2)7-3-8-5-9-4-7/h3-5H2,1-2H3. The summed E-state index contributed by atoms with van der Waals surface area (Å²) in [5.74, 6) is 0. The van der Waals surface area contributed by atoms with E-state index in [2.05, 4.69) is 13.8 Å². The van der Waals surface area contributed by atoms with E-state index in [0.717, 1.165) is 13.2 Å². The summed E-state index contributed by atoms with van der Waals surface area (Å²) in [4.78, 5) is 0. The predicted octanol–water partition coefficient (Wildman–Crippen LogP) is 1.33. The van der Waals surface area contributed by atoms with Crippen molar-refractivity contribution in [3.63, 3.8) is 0 Å². The number of ether oxygens (including phenoxy) is 2. The predicted molar refractivity (Wildman–Crippen MR) is 35.1 cm³/mol. The average Bonchev–Trinajstić information content (AvgIpc) is 1.90. The maximum atomic E-state index is 5.06. The zero-order chi connectivity index (χ0) is 6.69. The maximum absolute atomic E-state index is 5.06. The molecule has 2 heteroatoms. The first kappa shape index (κ1) is 6.78. The van der Waals surface area contributed by atoms with Crippen molar-refractivity contribution in [1.82, 2.24) is 0 Å². The quantitative estimate of drug-likeness (QED) is 0.458. The minimum absolute atomic E-state index is 0.455. The van der Waals surface area contributed by atoms with E-state index in [1.807, 2.05) is 0 Å². The number of allylic oxidation sites excluding steroid dienone is 1. The Hall–Kier alpha value is -0.340. The van der Waals surface area contributed by atoms with Crippen molar-refractivity contribution < 1.29 is 9.47 Å². The lowest BCUT2D eigenvalue weighted by Crippen LogP contribution is -2.16. The molecular weight excluding hydrogens is 116 g/mol. The van der Waals surface area contributed by atoms with E-state index in [4.69, 9.17) is 9.47 Å². The summed E-state index contributed by atoms with van der Waals surface area (Å²) in [6.07, 6.45) is 0. The molecule has 0 saturated carbocycles. The van der Waals surface area contributed by atoms with Crippen LogP contribution < -0.4 is 0 Å². The Morgan fingerprint density at radius 2 is 1.78 bits per heavy atom. The van der Waals surface area contributed by atoms with Gasteiger partial charge < -0.3 is 9.47 Å². The Labute approximate surface area is 55.5 Å². The largest absolute Gasteiger partial charge is 0.351 e. The van der Waals surface area contributed by atoms with Gasteiger partial charge in [-0.1, -0.05) is 5.57 Å². The summed E-state index contributed by atoms with van der Waals surface area (Å²) < 4.78 is 10.1. The van der Waals surface area contributed by atoms with E-state index < -0.39 is 0 Å². The fraction of sp³-hybridized carbons (Fsp3) is 0.714. The smallest absolute Gasteiger partial charge is 0.147 e. The molecule has 0 unspecified atom stereocenters. The second kappa shape index (κ2) is 2.99. The Kier molecular flexibility index (Phi) is 2.25. The Morgan fingerprint density at radius 3 is 2.11 bits per heavy atom. The number of hydrogen-bond acceptors (Lipinski definition) is 2. The van der Waals surface area contributed by atoms with Gasteiger partial charge in [0.25, 0.3) is 0 Å². The van der Waals surface area contributed by atoms with Gasteiger partial charge in [0.2, 0.25) is 0 Å². The molecule has 0 amide bonds. The molecule has 0 aromatic rings. The zero-order valence-corrected chi connectivity index (χ0v) is 5.94. The van der Waals surface area contributed by atoms with Gasteiger partial charge in [0.05, 0.1) is 13.2 Å². The molecule has 0 radical (unpaired) electrons. The zero-order valence-electron chi connectivity index (χ0n) is 5.94. The van der Waals surface area contributed by atoms with Crippen LogP contribution in [0.2, 0.25) is 0 Å². The normalized spacial score (nSPS) is 20.0. The molecule has 1 aliphatic rings. The van der Waals surface area contributed by atoms with Gasteiger partial charge in [-0.2, -0.15) is 0 Å². The van der Waals surface area contributed by atoms with Crippen LogP contribution in [0.1, 0.15) is 13.8 Å². The fourth-order valence-corrected chi connectivity index (χ4v) is 0.719. The molecule has 0 aromatic heterocycles. The van der Waals surface area contributed by atoms with Crippen molar-refractivity contribution in [2.24, 2.45) is 0 Å². The summed E-state index contributed by atoms with van der Waals surface area (Å²) in [5, 5.41) is 0. The number of rotatable bonds is 0. The lowest BCUT2D eigenvalue weighted by Gasteiger charge is -2.16. The third-order valence-corrected chi connectivity index (χ3v) is 1.43. The Bertz CT molecular complexity index is 115. The van der Waals surface area contributed by atoms with Gasteiger partial charge >= 0.3 is 0 Å². The monoisotopic (exact) mass is 128 g/mol. The van der Waals surface area contributed by atoms with Crippen LogP contribution in [0.4, 0.5) is 0 Å². The van der Waals surface area contributed by atoms with E-state index in [0.29, 0.717) is 6.79 Å². The van der Waals surface area contributed by atoms with Crippen molar-refractivity contribution in [3.05, 3.63) is 11.1 Å². The van der Waals surface area contributed by atoms with Crippen molar-refractivity contribution in [2.45, 2.75) is 13.8 Å². The van der Waals surface area contributed by atoms with Crippen LogP contribution in [0.15, 0.2) is 11.1 Å². The Balaban J connectivity index is 2.49. The van der Waals surface area contributed by atoms with Gasteiger partial charge in [-0.3, -0.25) is 0 Å². The van der Waals surface area contributed by atoms with Gasteiger partial charge in [0, 0.05) is 0 Å². The van der Waals surface area contributed by atoms with E-state index >= 15 is 0 Å². The second-order valence-electron chi connectivity index (χ2n) is 2.42. The van der Waals surface area contributed by atoms with Crippen molar-refractivity contribution >= 4 is 0 Å². The van der Waals surface area contributed by atoms with Crippen LogP contribution in [-0.2, 0) is 9.47 Å². The van der Waals surface area contributed by atoms with E-state index in [9.17, 15) is 0 Å². The van der Waals surface area contributed by atoms with Gasteiger partial charge in [-0.05, 0) is 19.4 Å². The minimum atomic E-state index is 0.455. The summed E-state index contributed by atoms with van der Waals surface area (Å²) in [7, 11) is 0. The summed E-state index contributed by atoms with van der Waals surface area (Å²) >= 11 is 0. The first-order chi connectivity index (χ1) is 4.30. The van der Waals surface area contributed by atoms with Crippen molar-refractivity contribution in [1.29, 1.82) is 0 Å². The highest BCUT2D eigenvalue weighted by Crippen LogP contribution is 2.08. The SMILES string of the molecule is CC(C)=C1COCOC1.